The van der Waals surface area contributed by atoms with Gasteiger partial charge < -0.3 is 9.30 Å². The molecule has 0 atom stereocenters. The summed E-state index contributed by atoms with van der Waals surface area (Å²) in [5.74, 6) is 0.464. The lowest BCUT2D eigenvalue weighted by Crippen LogP contribution is -2.04. The molecule has 0 aliphatic rings. The maximum absolute atomic E-state index is 12.9. The third kappa shape index (κ3) is 2.73. The van der Waals surface area contributed by atoms with Crippen molar-refractivity contribution in [2.24, 2.45) is 0 Å². The predicted molar refractivity (Wildman–Crippen MR) is 96.0 cm³/mol. The molecular weight excluding hydrogens is 301 g/mol. The van der Waals surface area contributed by atoms with Crippen molar-refractivity contribution in [3.8, 4) is 5.75 Å². The van der Waals surface area contributed by atoms with Crippen LogP contribution in [0.25, 0.3) is 21.8 Å². The summed E-state index contributed by atoms with van der Waals surface area (Å²) in [5, 5.41) is 2.57. The van der Waals surface area contributed by atoms with E-state index in [0.29, 0.717) is 12.4 Å². The van der Waals surface area contributed by atoms with E-state index in [1.165, 1.54) is 33.9 Å². The van der Waals surface area contributed by atoms with Crippen molar-refractivity contribution >= 4 is 21.8 Å². The molecule has 0 spiro atoms. The van der Waals surface area contributed by atoms with E-state index in [4.69, 9.17) is 4.74 Å². The number of para-hydroxylation sites is 2. The Morgan fingerprint density at radius 3 is 1.96 bits per heavy atom. The minimum Gasteiger partial charge on any atom is -0.494 e. The average molecular weight is 319 g/mol. The van der Waals surface area contributed by atoms with Crippen molar-refractivity contribution in [2.45, 2.75) is 13.0 Å². The summed E-state index contributed by atoms with van der Waals surface area (Å²) in [4.78, 5) is 0. The Morgan fingerprint density at radius 1 is 0.750 bits per heavy atom. The normalized spacial score (nSPS) is 11.2. The monoisotopic (exact) mass is 319 g/mol. The first-order valence-corrected chi connectivity index (χ1v) is 8.17. The molecule has 3 aromatic carbocycles. The Kier molecular flexibility index (Phi) is 3.91. The molecule has 2 nitrogen and oxygen atoms in total. The number of fused-ring (bicyclic) bond motifs is 3. The highest BCUT2D eigenvalue weighted by molar-refractivity contribution is 6.07. The zero-order valence-electron chi connectivity index (χ0n) is 13.3. The van der Waals surface area contributed by atoms with Gasteiger partial charge in [0.1, 0.15) is 11.6 Å². The van der Waals surface area contributed by atoms with Crippen molar-refractivity contribution < 1.29 is 9.13 Å². The van der Waals surface area contributed by atoms with Crippen LogP contribution in [0.15, 0.2) is 72.8 Å². The first kappa shape index (κ1) is 14.8. The van der Waals surface area contributed by atoms with Gasteiger partial charge in [0.15, 0.2) is 0 Å². The largest absolute Gasteiger partial charge is 0.494 e. The fraction of sp³-hybridized carbons (Fsp3) is 0.143. The van der Waals surface area contributed by atoms with Crippen LogP contribution in [0.5, 0.6) is 5.75 Å². The molecule has 0 aliphatic heterocycles. The molecule has 0 radical (unpaired) electrons. The van der Waals surface area contributed by atoms with E-state index in [0.717, 1.165) is 13.0 Å². The van der Waals surface area contributed by atoms with Crippen molar-refractivity contribution in [3.05, 3.63) is 78.6 Å². The second-order valence-corrected chi connectivity index (χ2v) is 5.84. The Labute approximate surface area is 140 Å². The molecule has 24 heavy (non-hydrogen) atoms. The minimum absolute atomic E-state index is 0.243. The maximum atomic E-state index is 12.9. The Bertz CT molecular complexity index is 919. The maximum Gasteiger partial charge on any atom is 0.123 e. The lowest BCUT2D eigenvalue weighted by Gasteiger charge is -2.09. The Morgan fingerprint density at radius 2 is 1.33 bits per heavy atom. The lowest BCUT2D eigenvalue weighted by atomic mass is 10.2. The van der Waals surface area contributed by atoms with E-state index < -0.39 is 0 Å². The molecular formula is C21H18FNO. The molecule has 0 saturated heterocycles. The summed E-state index contributed by atoms with van der Waals surface area (Å²) >= 11 is 0. The molecule has 0 bridgehead atoms. The standard InChI is InChI=1S/C21H18FNO/c22-16-10-12-17(13-11-16)24-15-5-14-23-20-8-3-1-6-18(20)19-7-2-4-9-21(19)23/h1-4,6-13H,5,14-15H2. The summed E-state index contributed by atoms with van der Waals surface area (Å²) in [5.41, 5.74) is 2.50. The van der Waals surface area contributed by atoms with Crippen LogP contribution in [0.3, 0.4) is 0 Å². The van der Waals surface area contributed by atoms with Crippen LogP contribution in [0.1, 0.15) is 6.42 Å². The zero-order chi connectivity index (χ0) is 16.4. The molecule has 3 heteroatoms. The number of nitrogens with zero attached hydrogens (tertiary/aromatic N) is 1. The molecule has 1 heterocycles. The van der Waals surface area contributed by atoms with E-state index in [1.54, 1.807) is 12.1 Å². The summed E-state index contributed by atoms with van der Waals surface area (Å²) < 4.78 is 20.9. The summed E-state index contributed by atoms with van der Waals surface area (Å²) in [6.45, 7) is 1.49. The van der Waals surface area contributed by atoms with E-state index in [2.05, 4.69) is 53.1 Å². The van der Waals surface area contributed by atoms with Crippen LogP contribution in [0.2, 0.25) is 0 Å². The Balaban J connectivity index is 1.52. The van der Waals surface area contributed by atoms with Gasteiger partial charge in [-0.3, -0.25) is 0 Å². The second-order valence-electron chi connectivity index (χ2n) is 5.84. The molecule has 1 aromatic heterocycles. The highest BCUT2D eigenvalue weighted by Gasteiger charge is 2.09. The van der Waals surface area contributed by atoms with Gasteiger partial charge in [0.05, 0.1) is 6.61 Å². The van der Waals surface area contributed by atoms with Crippen molar-refractivity contribution in [2.75, 3.05) is 6.61 Å². The first-order valence-electron chi connectivity index (χ1n) is 8.17. The summed E-state index contributed by atoms with van der Waals surface area (Å²) in [6, 6.07) is 23.1. The molecule has 0 amide bonds. The van der Waals surface area contributed by atoms with Gasteiger partial charge >= 0.3 is 0 Å². The third-order valence-corrected chi connectivity index (χ3v) is 4.29. The molecule has 0 fully saturated rings. The number of benzene rings is 3. The topological polar surface area (TPSA) is 14.2 Å². The van der Waals surface area contributed by atoms with Gasteiger partial charge in [-0.15, -0.1) is 0 Å². The molecule has 0 aliphatic carbocycles. The minimum atomic E-state index is -0.243. The third-order valence-electron chi connectivity index (χ3n) is 4.29. The molecule has 0 N–H and O–H groups in total. The number of aryl methyl sites for hydroxylation is 1. The summed E-state index contributed by atoms with van der Waals surface area (Å²) in [7, 11) is 0. The van der Waals surface area contributed by atoms with E-state index >= 15 is 0 Å². The molecule has 120 valence electrons. The van der Waals surface area contributed by atoms with Gasteiger partial charge in [0.2, 0.25) is 0 Å². The number of hydrogen-bond donors (Lipinski definition) is 0. The second kappa shape index (κ2) is 6.36. The lowest BCUT2D eigenvalue weighted by molar-refractivity contribution is 0.303. The predicted octanol–water partition coefficient (Wildman–Crippen LogP) is 5.40. The van der Waals surface area contributed by atoms with Crippen LogP contribution < -0.4 is 4.74 Å². The number of aromatic nitrogens is 1. The van der Waals surface area contributed by atoms with Gasteiger partial charge in [-0.2, -0.15) is 0 Å². The number of rotatable bonds is 5. The highest BCUT2D eigenvalue weighted by Crippen LogP contribution is 2.28. The van der Waals surface area contributed by atoms with Gasteiger partial charge in [0, 0.05) is 28.4 Å². The number of halogens is 1. The van der Waals surface area contributed by atoms with Gasteiger partial charge in [0.25, 0.3) is 0 Å². The zero-order valence-corrected chi connectivity index (χ0v) is 13.3. The van der Waals surface area contributed by atoms with Crippen LogP contribution >= 0.6 is 0 Å². The molecule has 4 rings (SSSR count). The van der Waals surface area contributed by atoms with Crippen LogP contribution in [-0.4, -0.2) is 11.2 Å². The fourth-order valence-electron chi connectivity index (χ4n) is 3.19. The summed E-state index contributed by atoms with van der Waals surface area (Å²) in [6.07, 6.45) is 0.889. The van der Waals surface area contributed by atoms with Crippen molar-refractivity contribution in [1.29, 1.82) is 0 Å². The molecule has 4 aromatic rings. The number of ether oxygens (including phenoxy) is 1. The van der Waals surface area contributed by atoms with Gasteiger partial charge in [-0.1, -0.05) is 36.4 Å². The van der Waals surface area contributed by atoms with E-state index in [1.807, 2.05) is 0 Å². The fourth-order valence-corrected chi connectivity index (χ4v) is 3.19. The molecule has 0 unspecified atom stereocenters. The van der Waals surface area contributed by atoms with Crippen LogP contribution in [-0.2, 0) is 6.54 Å². The van der Waals surface area contributed by atoms with Crippen LogP contribution in [0.4, 0.5) is 4.39 Å². The first-order chi connectivity index (χ1) is 11.8. The number of hydrogen-bond acceptors (Lipinski definition) is 1. The van der Waals surface area contributed by atoms with Crippen molar-refractivity contribution in [3.63, 3.8) is 0 Å². The SMILES string of the molecule is Fc1ccc(OCCCn2c3ccccc3c3ccccc32)cc1. The van der Waals surface area contributed by atoms with E-state index in [9.17, 15) is 4.39 Å². The van der Waals surface area contributed by atoms with Crippen LogP contribution in [0, 0.1) is 5.82 Å². The smallest absolute Gasteiger partial charge is 0.123 e. The van der Waals surface area contributed by atoms with Gasteiger partial charge in [-0.05, 0) is 42.8 Å². The average Bonchev–Trinajstić information content (AvgIpc) is 2.95. The van der Waals surface area contributed by atoms with Gasteiger partial charge in [-0.25, -0.2) is 4.39 Å². The van der Waals surface area contributed by atoms with Crippen molar-refractivity contribution in [1.82, 2.24) is 4.57 Å². The highest BCUT2D eigenvalue weighted by atomic mass is 19.1. The molecule has 0 saturated carbocycles. The Hall–Kier alpha value is -2.81. The quantitative estimate of drug-likeness (QED) is 0.449. The van der Waals surface area contributed by atoms with E-state index in [-0.39, 0.29) is 5.82 Å².